The Balaban J connectivity index is 2.00. The minimum Gasteiger partial charge on any atom is -0.306 e. The van der Waals surface area contributed by atoms with Gasteiger partial charge in [0.25, 0.3) is 0 Å². The largest absolute Gasteiger partial charge is 0.306 e. The third-order valence-electron chi connectivity index (χ3n) is 0.671. The molecule has 0 aliphatic carbocycles. The van der Waals surface area contributed by atoms with Crippen LogP contribution in [-0.4, -0.2) is 18.1 Å². The van der Waals surface area contributed by atoms with Gasteiger partial charge in [-0.05, 0) is 0 Å². The van der Waals surface area contributed by atoms with E-state index in [1.54, 1.807) is 0 Å². The van der Waals surface area contributed by atoms with Crippen molar-refractivity contribution >= 4 is 11.8 Å². The number of hydrogen-bond acceptors (Lipinski definition) is 2. The molecule has 1 saturated heterocycles. The van der Waals surface area contributed by atoms with E-state index in [2.05, 4.69) is 11.9 Å². The van der Waals surface area contributed by atoms with Gasteiger partial charge in [0.15, 0.2) is 0 Å². The summed E-state index contributed by atoms with van der Waals surface area (Å²) in [5.41, 5.74) is 0. The zero-order chi connectivity index (χ0) is 4.24. The van der Waals surface area contributed by atoms with Crippen molar-refractivity contribution in [1.29, 1.82) is 0 Å². The Labute approximate surface area is 42.5 Å². The Bertz CT molecular complexity index is 23.0. The van der Waals surface area contributed by atoms with Gasteiger partial charge in [0, 0.05) is 18.1 Å². The predicted molar refractivity (Wildman–Crippen MR) is 28.6 cm³/mol. The molecule has 0 saturated carbocycles. The second-order valence-electron chi connectivity index (χ2n) is 1.16. The first-order chi connectivity index (χ1) is 3.00. The molecular weight excluding hydrogens is 94.1 g/mol. The second kappa shape index (κ2) is 2.48. The molecule has 34 valence electrons. The highest BCUT2D eigenvalue weighted by Gasteiger charge is 1.95. The van der Waals surface area contributed by atoms with Crippen molar-refractivity contribution in [3.8, 4) is 0 Å². The molecule has 0 aromatic carbocycles. The summed E-state index contributed by atoms with van der Waals surface area (Å²) < 4.78 is 0. The zero-order valence-corrected chi connectivity index (χ0v) is 4.35. The topological polar surface area (TPSA) is 12.0 Å². The Morgan fingerprint density at radius 1 is 1.67 bits per heavy atom. The van der Waals surface area contributed by atoms with Gasteiger partial charge >= 0.3 is 0 Å². The first-order valence-electron chi connectivity index (χ1n) is 2.03. The van der Waals surface area contributed by atoms with Crippen molar-refractivity contribution in [2.45, 2.75) is 0 Å². The maximum atomic E-state index is 3.01. The average molecular weight is 101 g/mol. The summed E-state index contributed by atoms with van der Waals surface area (Å²) in [5, 5.41) is 3.01. The van der Waals surface area contributed by atoms with Crippen molar-refractivity contribution in [2.24, 2.45) is 0 Å². The van der Waals surface area contributed by atoms with E-state index in [4.69, 9.17) is 0 Å². The molecule has 1 fully saturated rings. The van der Waals surface area contributed by atoms with E-state index in [1.807, 2.05) is 11.8 Å². The fourth-order valence-corrected chi connectivity index (χ4v) is 0.981. The van der Waals surface area contributed by atoms with E-state index in [-0.39, 0.29) is 0 Å². The smallest absolute Gasteiger partial charge is 0.0694 e. The minimum absolute atomic E-state index is 1.06. The van der Waals surface area contributed by atoms with Crippen molar-refractivity contribution in [3.05, 3.63) is 6.54 Å². The second-order valence-corrected chi connectivity index (χ2v) is 2.26. The van der Waals surface area contributed by atoms with Crippen LogP contribution in [0.4, 0.5) is 0 Å². The van der Waals surface area contributed by atoms with Crippen LogP contribution in [0.25, 0.3) is 0 Å². The van der Waals surface area contributed by atoms with Crippen LogP contribution in [0.15, 0.2) is 0 Å². The van der Waals surface area contributed by atoms with Gasteiger partial charge in [0.05, 0.1) is 6.54 Å². The zero-order valence-electron chi connectivity index (χ0n) is 3.53. The molecule has 1 nitrogen and oxygen atoms in total. The van der Waals surface area contributed by atoms with Gasteiger partial charge < -0.3 is 5.32 Å². The van der Waals surface area contributed by atoms with E-state index >= 15 is 0 Å². The van der Waals surface area contributed by atoms with Crippen LogP contribution in [0.5, 0.6) is 0 Å². The lowest BCUT2D eigenvalue weighted by molar-refractivity contribution is 0.842. The quantitative estimate of drug-likeness (QED) is 0.473. The maximum absolute atomic E-state index is 3.01. The Morgan fingerprint density at radius 3 is 2.83 bits per heavy atom. The van der Waals surface area contributed by atoms with Gasteiger partial charge in [-0.3, -0.25) is 0 Å². The van der Waals surface area contributed by atoms with Crippen LogP contribution in [0.2, 0.25) is 0 Å². The Kier molecular flexibility index (Phi) is 1.85. The molecule has 2 heteroatoms. The van der Waals surface area contributed by atoms with Gasteiger partial charge in [0.2, 0.25) is 0 Å². The van der Waals surface area contributed by atoms with E-state index in [0.717, 1.165) is 12.3 Å². The van der Waals surface area contributed by atoms with Crippen LogP contribution in [0, 0.1) is 6.54 Å². The van der Waals surface area contributed by atoms with Gasteiger partial charge in [-0.2, -0.15) is 11.8 Å². The van der Waals surface area contributed by atoms with E-state index in [9.17, 15) is 0 Å². The fourth-order valence-electron chi connectivity index (χ4n) is 0.386. The Hall–Kier alpha value is 0.310. The lowest BCUT2D eigenvalue weighted by Crippen LogP contribution is -2.19. The fraction of sp³-hybridized carbons (Fsp3) is 0.750. The molecule has 0 spiro atoms. The molecule has 0 aromatic rings. The maximum Gasteiger partial charge on any atom is 0.0694 e. The molecule has 1 aliphatic heterocycles. The molecule has 0 atom stereocenters. The minimum atomic E-state index is 1.06. The first kappa shape index (κ1) is 4.47. The average Bonchev–Trinajstić information content (AvgIpc) is 1.72. The van der Waals surface area contributed by atoms with E-state index in [0.29, 0.717) is 0 Å². The summed E-state index contributed by atoms with van der Waals surface area (Å²) in [7, 11) is 0. The highest BCUT2D eigenvalue weighted by Crippen LogP contribution is 2.02. The molecule has 1 N–H and O–H groups in total. The summed E-state index contributed by atoms with van der Waals surface area (Å²) in [5.74, 6) is 2.30. The monoisotopic (exact) mass is 101 g/mol. The van der Waals surface area contributed by atoms with Crippen LogP contribution in [0.1, 0.15) is 0 Å². The summed E-state index contributed by atoms with van der Waals surface area (Å²) in [4.78, 5) is 0. The number of hydrogen-bond donors (Lipinski definition) is 1. The summed E-state index contributed by atoms with van der Waals surface area (Å²) in [6, 6.07) is 0. The van der Waals surface area contributed by atoms with Crippen LogP contribution >= 0.6 is 11.8 Å². The predicted octanol–water partition coefficient (Wildman–Crippen LogP) is 0.362. The molecule has 0 amide bonds. The van der Waals surface area contributed by atoms with Crippen molar-refractivity contribution < 1.29 is 0 Å². The summed E-state index contributed by atoms with van der Waals surface area (Å²) in [6.45, 7) is 4.10. The van der Waals surface area contributed by atoms with Gasteiger partial charge in [-0.25, -0.2) is 0 Å². The first-order valence-corrected chi connectivity index (χ1v) is 3.19. The number of thioether (sulfide) groups is 1. The number of rotatable bonds is 0. The lowest BCUT2D eigenvalue weighted by Gasteiger charge is -2.07. The van der Waals surface area contributed by atoms with Gasteiger partial charge in [0.1, 0.15) is 0 Å². The molecule has 1 rings (SSSR count). The summed E-state index contributed by atoms with van der Waals surface area (Å²) >= 11 is 1.92. The highest BCUT2D eigenvalue weighted by molar-refractivity contribution is 7.99. The molecular formula is C4H7NS. The molecule has 0 unspecified atom stereocenters. The SMILES string of the molecule is [C]1CSCCN1. The molecule has 1 heterocycles. The molecule has 2 radical (unpaired) electrons. The Morgan fingerprint density at radius 2 is 2.67 bits per heavy atom. The summed E-state index contributed by atoms with van der Waals surface area (Å²) in [6.07, 6.45) is 0. The third kappa shape index (κ3) is 1.19. The lowest BCUT2D eigenvalue weighted by atomic mass is 10.6. The van der Waals surface area contributed by atoms with Gasteiger partial charge in [-0.15, -0.1) is 0 Å². The van der Waals surface area contributed by atoms with Crippen LogP contribution < -0.4 is 5.32 Å². The van der Waals surface area contributed by atoms with Crippen molar-refractivity contribution in [1.82, 2.24) is 5.32 Å². The van der Waals surface area contributed by atoms with Crippen LogP contribution in [-0.2, 0) is 0 Å². The normalized spacial score (nSPS) is 24.0. The van der Waals surface area contributed by atoms with Crippen molar-refractivity contribution in [3.63, 3.8) is 0 Å². The molecule has 6 heavy (non-hydrogen) atoms. The highest BCUT2D eigenvalue weighted by atomic mass is 32.2. The standard InChI is InChI=1S/C4H7NS/c1-3-6-4-2-5-1/h5H,1,3-4H2. The van der Waals surface area contributed by atoms with Crippen molar-refractivity contribution in [2.75, 3.05) is 18.1 Å². The molecule has 0 aromatic heterocycles. The molecule has 1 aliphatic rings. The van der Waals surface area contributed by atoms with E-state index < -0.39 is 0 Å². The van der Waals surface area contributed by atoms with Gasteiger partial charge in [-0.1, -0.05) is 0 Å². The molecule has 0 bridgehead atoms. The third-order valence-corrected chi connectivity index (χ3v) is 1.51. The number of nitrogens with one attached hydrogen (secondary N) is 1. The van der Waals surface area contributed by atoms with E-state index in [1.165, 1.54) is 5.75 Å². The van der Waals surface area contributed by atoms with Crippen LogP contribution in [0.3, 0.4) is 0 Å².